The van der Waals surface area contributed by atoms with Crippen molar-refractivity contribution in [2.24, 2.45) is 5.92 Å². The van der Waals surface area contributed by atoms with Crippen LogP contribution in [-0.2, 0) is 16.1 Å². The van der Waals surface area contributed by atoms with Crippen LogP contribution in [0.1, 0.15) is 52.0 Å². The first kappa shape index (κ1) is 20.2. The fourth-order valence-corrected chi connectivity index (χ4v) is 3.18. The molecule has 1 atom stereocenters. The van der Waals surface area contributed by atoms with E-state index in [4.69, 9.17) is 9.47 Å². The van der Waals surface area contributed by atoms with Crippen LogP contribution in [0.3, 0.4) is 0 Å². The Kier molecular flexibility index (Phi) is 7.69. The van der Waals surface area contributed by atoms with Crippen molar-refractivity contribution in [3.63, 3.8) is 0 Å². The van der Waals surface area contributed by atoms with Crippen molar-refractivity contribution in [1.82, 2.24) is 9.88 Å². The lowest BCUT2D eigenvalue weighted by atomic mass is 9.94. The second-order valence-electron chi connectivity index (χ2n) is 7.62. The molecular weight excluding hydrogens is 384 g/mol. The van der Waals surface area contributed by atoms with E-state index in [0.29, 0.717) is 12.5 Å². The third-order valence-corrected chi connectivity index (χ3v) is 4.60. The van der Waals surface area contributed by atoms with Crippen molar-refractivity contribution in [3.8, 4) is 0 Å². The van der Waals surface area contributed by atoms with Gasteiger partial charge >= 0.3 is 6.09 Å². The van der Waals surface area contributed by atoms with Crippen LogP contribution in [0.25, 0.3) is 0 Å². The predicted molar refractivity (Wildman–Crippen MR) is 101 cm³/mol. The highest BCUT2D eigenvalue weighted by Crippen LogP contribution is 2.23. The van der Waals surface area contributed by atoms with Crippen molar-refractivity contribution < 1.29 is 14.3 Å². The number of halogens is 1. The normalized spacial score (nSPS) is 18.2. The molecule has 5 nitrogen and oxygen atoms in total. The van der Waals surface area contributed by atoms with Gasteiger partial charge in [-0.3, -0.25) is 0 Å². The molecule has 0 radical (unpaired) electrons. The van der Waals surface area contributed by atoms with Gasteiger partial charge in [0, 0.05) is 25.9 Å². The minimum atomic E-state index is -0.431. The van der Waals surface area contributed by atoms with Crippen LogP contribution in [0, 0.1) is 5.92 Å². The number of pyridine rings is 1. The summed E-state index contributed by atoms with van der Waals surface area (Å²) in [5.41, 5.74) is 0.650. The topological polar surface area (TPSA) is 51.7 Å². The molecule has 0 bridgehead atoms. The molecule has 0 saturated carbocycles. The molecule has 0 N–H and O–H groups in total. The van der Waals surface area contributed by atoms with Gasteiger partial charge < -0.3 is 14.4 Å². The fraction of sp³-hybridized carbons (Fsp3) is 0.684. The summed E-state index contributed by atoms with van der Waals surface area (Å²) in [6, 6.07) is 3.93. The minimum absolute atomic E-state index is 0.184. The molecule has 1 saturated heterocycles. The number of rotatable bonds is 6. The molecule has 25 heavy (non-hydrogen) atoms. The summed E-state index contributed by atoms with van der Waals surface area (Å²) in [4.78, 5) is 18.2. The summed E-state index contributed by atoms with van der Waals surface area (Å²) in [6.07, 6.45) is 5.96. The largest absolute Gasteiger partial charge is 0.444 e. The van der Waals surface area contributed by atoms with Gasteiger partial charge in [-0.1, -0.05) is 6.07 Å². The van der Waals surface area contributed by atoms with Crippen LogP contribution < -0.4 is 0 Å². The number of hydrogen-bond acceptors (Lipinski definition) is 4. The van der Waals surface area contributed by atoms with E-state index in [1.807, 2.05) is 44.0 Å². The second-order valence-corrected chi connectivity index (χ2v) is 8.43. The summed E-state index contributed by atoms with van der Waals surface area (Å²) in [5.74, 6) is 0.541. The molecule has 0 aromatic carbocycles. The zero-order valence-electron chi connectivity index (χ0n) is 15.5. The lowest BCUT2D eigenvalue weighted by molar-refractivity contribution is 0.0155. The Balaban J connectivity index is 1.63. The van der Waals surface area contributed by atoms with E-state index in [1.54, 1.807) is 0 Å². The smallest absolute Gasteiger partial charge is 0.410 e. The van der Waals surface area contributed by atoms with Crippen LogP contribution in [0.15, 0.2) is 22.9 Å². The maximum Gasteiger partial charge on any atom is 0.410 e. The summed E-state index contributed by atoms with van der Waals surface area (Å²) in [7, 11) is 0. The first-order chi connectivity index (χ1) is 11.8. The average molecular weight is 413 g/mol. The number of hydrogen-bond donors (Lipinski definition) is 0. The molecule has 2 heterocycles. The molecule has 140 valence electrons. The van der Waals surface area contributed by atoms with Gasteiger partial charge in [-0.15, -0.1) is 0 Å². The number of piperidine rings is 1. The monoisotopic (exact) mass is 412 g/mol. The Hall–Kier alpha value is -1.14. The summed E-state index contributed by atoms with van der Waals surface area (Å²) in [5, 5.41) is 0. The number of carbonyl (C=O) groups excluding carboxylic acids is 1. The number of likely N-dealkylation sites (tertiary alicyclic amines) is 1. The number of nitrogens with zero attached hydrogens (tertiary/aromatic N) is 2. The minimum Gasteiger partial charge on any atom is -0.444 e. The van der Waals surface area contributed by atoms with Gasteiger partial charge in [0.05, 0.1) is 6.61 Å². The van der Waals surface area contributed by atoms with Crippen LogP contribution in [0.2, 0.25) is 0 Å². The van der Waals surface area contributed by atoms with Crippen LogP contribution in [0.4, 0.5) is 4.79 Å². The van der Waals surface area contributed by atoms with E-state index < -0.39 is 5.60 Å². The first-order valence-electron chi connectivity index (χ1n) is 8.99. The van der Waals surface area contributed by atoms with E-state index in [-0.39, 0.29) is 6.09 Å². The zero-order valence-corrected chi connectivity index (χ0v) is 17.0. The lowest BCUT2D eigenvalue weighted by Gasteiger charge is -2.34. The van der Waals surface area contributed by atoms with Crippen molar-refractivity contribution >= 4 is 22.0 Å². The Labute approximate surface area is 159 Å². The molecule has 0 aliphatic carbocycles. The predicted octanol–water partition coefficient (Wildman–Crippen LogP) is 4.79. The maximum atomic E-state index is 12.2. The highest BCUT2D eigenvalue weighted by Gasteiger charge is 2.27. The zero-order chi connectivity index (χ0) is 18.3. The molecule has 1 unspecified atom stereocenters. The van der Waals surface area contributed by atoms with Gasteiger partial charge in [-0.2, -0.15) is 0 Å². The van der Waals surface area contributed by atoms with Crippen molar-refractivity contribution in [2.45, 2.75) is 58.7 Å². The van der Waals surface area contributed by atoms with Crippen molar-refractivity contribution in [3.05, 3.63) is 28.5 Å². The van der Waals surface area contributed by atoms with E-state index in [0.717, 1.165) is 49.1 Å². The van der Waals surface area contributed by atoms with Crippen LogP contribution >= 0.6 is 15.9 Å². The van der Waals surface area contributed by atoms with Gasteiger partial charge in [0.2, 0.25) is 0 Å². The van der Waals surface area contributed by atoms with E-state index in [2.05, 4.69) is 20.9 Å². The molecule has 2 rings (SSSR count). The third-order valence-electron chi connectivity index (χ3n) is 4.13. The SMILES string of the molecule is CC(C)(C)OC(=O)N1CCCC(CCCOCc2ccc(Br)nc2)C1. The highest BCUT2D eigenvalue weighted by atomic mass is 79.9. The van der Waals surface area contributed by atoms with E-state index in [9.17, 15) is 4.79 Å². The maximum absolute atomic E-state index is 12.2. The van der Waals surface area contributed by atoms with Gasteiger partial charge in [0.15, 0.2) is 0 Å². The summed E-state index contributed by atoms with van der Waals surface area (Å²) < 4.78 is 12.0. The van der Waals surface area contributed by atoms with Gasteiger partial charge in [-0.25, -0.2) is 9.78 Å². The number of ether oxygens (including phenoxy) is 2. The third kappa shape index (κ3) is 7.74. The molecule has 1 aliphatic rings. The van der Waals surface area contributed by atoms with Crippen molar-refractivity contribution in [2.75, 3.05) is 19.7 Å². The van der Waals surface area contributed by atoms with Crippen LogP contribution in [-0.4, -0.2) is 41.3 Å². The molecule has 1 fully saturated rings. The molecule has 0 spiro atoms. The fourth-order valence-electron chi connectivity index (χ4n) is 2.95. The Morgan fingerprint density at radius 3 is 2.88 bits per heavy atom. The molecule has 6 heteroatoms. The number of amides is 1. The van der Waals surface area contributed by atoms with E-state index >= 15 is 0 Å². The number of carbonyl (C=O) groups is 1. The first-order valence-corrected chi connectivity index (χ1v) is 9.79. The Morgan fingerprint density at radius 1 is 1.40 bits per heavy atom. The lowest BCUT2D eigenvalue weighted by Crippen LogP contribution is -2.42. The molecule has 1 aromatic rings. The standard InChI is InChI=1S/C19H29BrN2O3/c1-19(2,3)25-18(23)22-10-4-6-15(13-22)7-5-11-24-14-16-8-9-17(20)21-12-16/h8-9,12,15H,4-7,10-11,13-14H2,1-3H3. The van der Waals surface area contributed by atoms with Crippen LogP contribution in [0.5, 0.6) is 0 Å². The van der Waals surface area contributed by atoms with Gasteiger partial charge in [-0.05, 0) is 79.9 Å². The molecule has 1 amide bonds. The van der Waals surface area contributed by atoms with E-state index in [1.165, 1.54) is 6.42 Å². The van der Waals surface area contributed by atoms with Gasteiger partial charge in [0.1, 0.15) is 10.2 Å². The number of aromatic nitrogens is 1. The summed E-state index contributed by atoms with van der Waals surface area (Å²) in [6.45, 7) is 8.65. The molecular formula is C19H29BrN2O3. The average Bonchev–Trinajstić information content (AvgIpc) is 2.55. The highest BCUT2D eigenvalue weighted by molar-refractivity contribution is 9.10. The second kappa shape index (κ2) is 9.53. The molecule has 1 aromatic heterocycles. The Bertz CT molecular complexity index is 543. The van der Waals surface area contributed by atoms with Gasteiger partial charge in [0.25, 0.3) is 0 Å². The summed E-state index contributed by atoms with van der Waals surface area (Å²) >= 11 is 3.32. The quantitative estimate of drug-likeness (QED) is 0.497. The van der Waals surface area contributed by atoms with Crippen molar-refractivity contribution in [1.29, 1.82) is 0 Å². The molecule has 1 aliphatic heterocycles. The Morgan fingerprint density at radius 2 is 2.20 bits per heavy atom.